The van der Waals surface area contributed by atoms with Crippen LogP contribution in [-0.2, 0) is 10.0 Å². The number of hydrogen-bond donors (Lipinski definition) is 2. The largest absolute Gasteiger partial charge is 0.493 e. The van der Waals surface area contributed by atoms with Crippen LogP contribution in [0, 0.1) is 5.92 Å². The summed E-state index contributed by atoms with van der Waals surface area (Å²) in [6, 6.07) is 6.00. The van der Waals surface area contributed by atoms with Gasteiger partial charge in [0.2, 0.25) is 10.0 Å². The minimum absolute atomic E-state index is 0.0766. The zero-order valence-corrected chi connectivity index (χ0v) is 15.1. The number of sulfonamides is 1. The quantitative estimate of drug-likeness (QED) is 0.715. The molecule has 0 bridgehead atoms. The molecule has 0 aliphatic carbocycles. The summed E-state index contributed by atoms with van der Waals surface area (Å²) in [6.45, 7) is 6.36. The molecule has 0 fully saturated rings. The zero-order valence-electron chi connectivity index (χ0n) is 13.4. The lowest BCUT2D eigenvalue weighted by Gasteiger charge is -2.21. The average molecular weight is 348 g/mol. The molecule has 0 aliphatic rings. The van der Waals surface area contributed by atoms with Gasteiger partial charge in [-0.3, -0.25) is 0 Å². The van der Waals surface area contributed by atoms with Crippen molar-refractivity contribution in [3.8, 4) is 5.75 Å². The van der Waals surface area contributed by atoms with Crippen LogP contribution in [0.5, 0.6) is 5.75 Å². The summed E-state index contributed by atoms with van der Waals surface area (Å²) in [5.74, 6) is 1.06. The van der Waals surface area contributed by atoms with Crippen LogP contribution < -0.4 is 9.46 Å². The molecular formula is C15H25NO4S2. The van der Waals surface area contributed by atoms with Gasteiger partial charge in [-0.05, 0) is 43.4 Å². The lowest BCUT2D eigenvalue weighted by Crippen LogP contribution is -2.41. The van der Waals surface area contributed by atoms with E-state index in [1.54, 1.807) is 19.1 Å². The zero-order chi connectivity index (χ0) is 16.8. The standard InChI is InChI=1S/C15H25NO4S2/c1-11(2)10-20-13-5-7-14(8-6-13)22(18,19)16-12(3)15(9-17)21-4/h5-8,11-12,15-17H,9-10H2,1-4H3/t12-,15+/m0/s1. The van der Waals surface area contributed by atoms with E-state index in [4.69, 9.17) is 4.74 Å². The minimum atomic E-state index is -3.60. The van der Waals surface area contributed by atoms with E-state index in [2.05, 4.69) is 4.72 Å². The molecule has 0 spiro atoms. The first-order valence-electron chi connectivity index (χ1n) is 7.19. The molecule has 0 saturated carbocycles. The highest BCUT2D eigenvalue weighted by Crippen LogP contribution is 2.18. The Morgan fingerprint density at radius 1 is 1.23 bits per heavy atom. The lowest BCUT2D eigenvalue weighted by molar-refractivity contribution is 0.271. The molecule has 126 valence electrons. The molecule has 0 amide bonds. The second-order valence-corrected chi connectivity index (χ2v) is 8.33. The number of aliphatic hydroxyl groups excluding tert-OH is 1. The molecule has 7 heteroatoms. The van der Waals surface area contributed by atoms with Crippen molar-refractivity contribution in [3.63, 3.8) is 0 Å². The summed E-state index contributed by atoms with van der Waals surface area (Å²) in [5, 5.41) is 9.05. The van der Waals surface area contributed by atoms with E-state index in [1.807, 2.05) is 20.1 Å². The minimum Gasteiger partial charge on any atom is -0.493 e. The summed E-state index contributed by atoms with van der Waals surface area (Å²) in [7, 11) is -3.60. The molecule has 2 N–H and O–H groups in total. The normalized spacial score (nSPS) is 14.8. The highest BCUT2D eigenvalue weighted by atomic mass is 32.2. The molecule has 0 saturated heterocycles. The Bertz CT molecular complexity index is 539. The second kappa shape index (κ2) is 8.76. The maximum absolute atomic E-state index is 12.3. The Morgan fingerprint density at radius 2 is 1.82 bits per heavy atom. The Hall–Kier alpha value is -0.760. The van der Waals surface area contributed by atoms with Gasteiger partial charge in [-0.25, -0.2) is 13.1 Å². The molecule has 2 atom stereocenters. The third-order valence-electron chi connectivity index (χ3n) is 3.10. The van der Waals surface area contributed by atoms with Crippen LogP contribution in [-0.4, -0.2) is 44.3 Å². The van der Waals surface area contributed by atoms with E-state index in [9.17, 15) is 13.5 Å². The van der Waals surface area contributed by atoms with Crippen molar-refractivity contribution in [1.29, 1.82) is 0 Å². The van der Waals surface area contributed by atoms with E-state index in [-0.39, 0.29) is 22.8 Å². The molecule has 1 aromatic carbocycles. The summed E-state index contributed by atoms with van der Waals surface area (Å²) >= 11 is 1.43. The maximum Gasteiger partial charge on any atom is 0.240 e. The highest BCUT2D eigenvalue weighted by molar-refractivity contribution is 7.99. The van der Waals surface area contributed by atoms with Gasteiger partial charge in [0.25, 0.3) is 0 Å². The maximum atomic E-state index is 12.3. The molecule has 0 radical (unpaired) electrons. The van der Waals surface area contributed by atoms with Crippen LogP contribution >= 0.6 is 11.8 Å². The topological polar surface area (TPSA) is 75.6 Å². The van der Waals surface area contributed by atoms with Crippen molar-refractivity contribution >= 4 is 21.8 Å². The fourth-order valence-corrected chi connectivity index (χ4v) is 3.80. The van der Waals surface area contributed by atoms with Gasteiger partial charge < -0.3 is 9.84 Å². The van der Waals surface area contributed by atoms with Gasteiger partial charge in [0.15, 0.2) is 0 Å². The lowest BCUT2D eigenvalue weighted by atomic mass is 10.2. The van der Waals surface area contributed by atoms with E-state index < -0.39 is 10.0 Å². The fourth-order valence-electron chi connectivity index (χ4n) is 1.80. The van der Waals surface area contributed by atoms with Gasteiger partial charge in [-0.15, -0.1) is 0 Å². The molecule has 0 aliphatic heterocycles. The monoisotopic (exact) mass is 347 g/mol. The first kappa shape index (κ1) is 19.3. The molecule has 5 nitrogen and oxygen atoms in total. The van der Waals surface area contributed by atoms with Crippen LogP contribution in [0.1, 0.15) is 20.8 Å². The number of thioether (sulfide) groups is 1. The summed E-state index contributed by atoms with van der Waals surface area (Å²) in [5.41, 5.74) is 0. The third-order valence-corrected chi connectivity index (χ3v) is 5.84. The highest BCUT2D eigenvalue weighted by Gasteiger charge is 2.22. The number of aliphatic hydroxyl groups is 1. The van der Waals surface area contributed by atoms with Crippen molar-refractivity contribution in [3.05, 3.63) is 24.3 Å². The van der Waals surface area contributed by atoms with Gasteiger partial charge in [-0.1, -0.05) is 13.8 Å². The summed E-state index contributed by atoms with van der Waals surface area (Å²) in [6.07, 6.45) is 1.84. The number of rotatable bonds is 9. The average Bonchev–Trinajstić information content (AvgIpc) is 2.46. The van der Waals surface area contributed by atoms with E-state index in [1.165, 1.54) is 23.9 Å². The van der Waals surface area contributed by atoms with E-state index in [0.29, 0.717) is 18.3 Å². The van der Waals surface area contributed by atoms with E-state index >= 15 is 0 Å². The van der Waals surface area contributed by atoms with Crippen LogP contribution in [0.3, 0.4) is 0 Å². The molecular weight excluding hydrogens is 322 g/mol. The number of ether oxygens (including phenoxy) is 1. The number of nitrogens with one attached hydrogen (secondary N) is 1. The molecule has 1 aromatic rings. The van der Waals surface area contributed by atoms with Crippen molar-refractivity contribution in [2.24, 2.45) is 5.92 Å². The van der Waals surface area contributed by atoms with Crippen LogP contribution in [0.25, 0.3) is 0 Å². The first-order valence-corrected chi connectivity index (χ1v) is 9.96. The Morgan fingerprint density at radius 3 is 2.27 bits per heavy atom. The van der Waals surface area contributed by atoms with Gasteiger partial charge >= 0.3 is 0 Å². The third kappa shape index (κ3) is 5.79. The molecule has 22 heavy (non-hydrogen) atoms. The second-order valence-electron chi connectivity index (χ2n) is 5.54. The summed E-state index contributed by atoms with van der Waals surface area (Å²) in [4.78, 5) is 0.189. The summed E-state index contributed by atoms with van der Waals surface area (Å²) < 4.78 is 32.8. The fraction of sp³-hybridized carbons (Fsp3) is 0.600. The smallest absolute Gasteiger partial charge is 0.240 e. The molecule has 0 heterocycles. The van der Waals surface area contributed by atoms with E-state index in [0.717, 1.165) is 0 Å². The Balaban J connectivity index is 2.77. The van der Waals surface area contributed by atoms with Gasteiger partial charge in [0, 0.05) is 11.3 Å². The molecule has 0 aromatic heterocycles. The first-order chi connectivity index (χ1) is 10.3. The van der Waals surface area contributed by atoms with Gasteiger partial charge in [0.05, 0.1) is 18.1 Å². The molecule has 1 rings (SSSR count). The van der Waals surface area contributed by atoms with Crippen molar-refractivity contribution in [1.82, 2.24) is 4.72 Å². The van der Waals surface area contributed by atoms with Crippen LogP contribution in [0.15, 0.2) is 29.2 Å². The predicted octanol–water partition coefficient (Wildman–Crippen LogP) is 2.11. The van der Waals surface area contributed by atoms with Crippen molar-refractivity contribution in [2.75, 3.05) is 19.5 Å². The van der Waals surface area contributed by atoms with Crippen molar-refractivity contribution in [2.45, 2.75) is 37.0 Å². The van der Waals surface area contributed by atoms with Gasteiger partial charge in [0.1, 0.15) is 5.75 Å². The van der Waals surface area contributed by atoms with Crippen LogP contribution in [0.4, 0.5) is 0 Å². The van der Waals surface area contributed by atoms with Gasteiger partial charge in [-0.2, -0.15) is 11.8 Å². The Labute approximate surface area is 137 Å². The Kier molecular flexibility index (Phi) is 7.68. The number of benzene rings is 1. The number of hydrogen-bond acceptors (Lipinski definition) is 5. The van der Waals surface area contributed by atoms with Crippen molar-refractivity contribution < 1.29 is 18.3 Å². The predicted molar refractivity (Wildman–Crippen MR) is 90.9 cm³/mol. The van der Waals surface area contributed by atoms with Crippen LogP contribution in [0.2, 0.25) is 0 Å². The molecule has 0 unspecified atom stereocenters. The SMILES string of the molecule is CS[C@H](CO)[C@H](C)NS(=O)(=O)c1ccc(OCC(C)C)cc1.